The minimum Gasteiger partial charge on any atom is -0.357 e. The van der Waals surface area contributed by atoms with Crippen molar-refractivity contribution < 1.29 is 4.79 Å². The van der Waals surface area contributed by atoms with Crippen molar-refractivity contribution in [3.05, 3.63) is 70.1 Å². The van der Waals surface area contributed by atoms with Crippen LogP contribution >= 0.6 is 15.9 Å². The number of nitrogens with one attached hydrogen (secondary N) is 1. The summed E-state index contributed by atoms with van der Waals surface area (Å²) in [5.41, 5.74) is 3.29. The van der Waals surface area contributed by atoms with E-state index in [4.69, 9.17) is 0 Å². The number of amides is 1. The average molecular weight is 468 g/mol. The van der Waals surface area contributed by atoms with Crippen molar-refractivity contribution in [1.82, 2.24) is 20.1 Å². The van der Waals surface area contributed by atoms with Crippen molar-refractivity contribution in [3.63, 3.8) is 0 Å². The number of pyridine rings is 1. The highest BCUT2D eigenvalue weighted by molar-refractivity contribution is 9.10. The molecule has 1 aliphatic rings. The molecular formula is C23H26BrN5O. The highest BCUT2D eigenvalue weighted by atomic mass is 79.9. The zero-order chi connectivity index (χ0) is 20.9. The van der Waals surface area contributed by atoms with E-state index in [2.05, 4.69) is 42.3 Å². The van der Waals surface area contributed by atoms with Crippen molar-refractivity contribution >= 4 is 27.7 Å². The van der Waals surface area contributed by atoms with Crippen LogP contribution < -0.4 is 10.2 Å². The Labute approximate surface area is 185 Å². The molecule has 30 heavy (non-hydrogen) atoms. The summed E-state index contributed by atoms with van der Waals surface area (Å²) in [4.78, 5) is 19.7. The van der Waals surface area contributed by atoms with Gasteiger partial charge in [0.2, 0.25) is 0 Å². The molecule has 0 saturated carbocycles. The quantitative estimate of drug-likeness (QED) is 0.592. The first kappa shape index (κ1) is 20.6. The van der Waals surface area contributed by atoms with Gasteiger partial charge < -0.3 is 10.2 Å². The standard InChI is InChI=1S/C23H26BrN5O/c1-17-21(16-27-29(17)20-9-7-19(24)8-10-20)23(30)26-15-18-6-11-22(25-14-18)28-12-4-2-3-5-13-28/h6-11,14,16H,2-5,12-13,15H2,1H3,(H,26,30). The number of hydrogen-bond donors (Lipinski definition) is 1. The molecule has 4 rings (SSSR count). The van der Waals surface area contributed by atoms with E-state index in [1.54, 1.807) is 10.9 Å². The summed E-state index contributed by atoms with van der Waals surface area (Å²) in [5, 5.41) is 7.37. The van der Waals surface area contributed by atoms with Crippen molar-refractivity contribution in [2.24, 2.45) is 0 Å². The lowest BCUT2D eigenvalue weighted by Crippen LogP contribution is -2.25. The van der Waals surface area contributed by atoms with E-state index in [1.807, 2.05) is 43.5 Å². The fraction of sp³-hybridized carbons (Fsp3) is 0.348. The summed E-state index contributed by atoms with van der Waals surface area (Å²) in [6.07, 6.45) is 8.54. The van der Waals surface area contributed by atoms with Gasteiger partial charge in [-0.2, -0.15) is 5.10 Å². The molecule has 3 heterocycles. The molecule has 1 amide bonds. The molecule has 156 valence electrons. The molecule has 0 spiro atoms. The molecule has 1 N–H and O–H groups in total. The van der Waals surface area contributed by atoms with Crippen molar-refractivity contribution in [3.8, 4) is 5.69 Å². The zero-order valence-corrected chi connectivity index (χ0v) is 18.7. The van der Waals surface area contributed by atoms with Crippen molar-refractivity contribution in [1.29, 1.82) is 0 Å². The van der Waals surface area contributed by atoms with E-state index < -0.39 is 0 Å². The summed E-state index contributed by atoms with van der Waals surface area (Å²) < 4.78 is 2.78. The molecule has 6 nitrogen and oxygen atoms in total. The SMILES string of the molecule is Cc1c(C(=O)NCc2ccc(N3CCCCCC3)nc2)cnn1-c1ccc(Br)cc1. The summed E-state index contributed by atoms with van der Waals surface area (Å²) in [5.74, 6) is 0.894. The van der Waals surface area contributed by atoms with E-state index in [9.17, 15) is 4.79 Å². The van der Waals surface area contributed by atoms with Gasteiger partial charge in [-0.15, -0.1) is 0 Å². The Bertz CT molecular complexity index is 989. The number of aromatic nitrogens is 3. The number of carbonyl (C=O) groups is 1. The predicted molar refractivity (Wildman–Crippen MR) is 122 cm³/mol. The normalized spacial score (nSPS) is 14.4. The molecule has 1 fully saturated rings. The first-order valence-corrected chi connectivity index (χ1v) is 11.2. The maximum absolute atomic E-state index is 12.7. The van der Waals surface area contributed by atoms with Gasteiger partial charge in [0, 0.05) is 30.3 Å². The van der Waals surface area contributed by atoms with Crippen molar-refractivity contribution in [2.45, 2.75) is 39.2 Å². The van der Waals surface area contributed by atoms with Crippen LogP contribution in [0.25, 0.3) is 5.69 Å². The number of anilines is 1. The number of benzene rings is 1. The molecule has 0 bridgehead atoms. The van der Waals surface area contributed by atoms with Crippen LogP contribution in [0.15, 0.2) is 53.3 Å². The number of nitrogens with zero attached hydrogens (tertiary/aromatic N) is 4. The number of rotatable bonds is 5. The van der Waals surface area contributed by atoms with Gasteiger partial charge in [0.1, 0.15) is 5.82 Å². The van der Waals surface area contributed by atoms with E-state index in [1.165, 1.54) is 25.7 Å². The monoisotopic (exact) mass is 467 g/mol. The molecule has 0 atom stereocenters. The second-order valence-electron chi connectivity index (χ2n) is 7.64. The van der Waals surface area contributed by atoms with Crippen LogP contribution in [0.4, 0.5) is 5.82 Å². The van der Waals surface area contributed by atoms with Crippen LogP contribution in [-0.4, -0.2) is 33.8 Å². The van der Waals surface area contributed by atoms with Gasteiger partial charge in [0.25, 0.3) is 5.91 Å². The molecule has 7 heteroatoms. The highest BCUT2D eigenvalue weighted by Gasteiger charge is 2.15. The van der Waals surface area contributed by atoms with E-state index in [-0.39, 0.29) is 5.91 Å². The molecule has 0 aliphatic carbocycles. The second-order valence-corrected chi connectivity index (χ2v) is 8.56. The maximum Gasteiger partial charge on any atom is 0.255 e. The summed E-state index contributed by atoms with van der Waals surface area (Å²) in [6, 6.07) is 11.9. The number of halogens is 1. The van der Waals surface area contributed by atoms with Gasteiger partial charge in [-0.25, -0.2) is 9.67 Å². The van der Waals surface area contributed by atoms with Gasteiger partial charge in [0.15, 0.2) is 0 Å². The van der Waals surface area contributed by atoms with E-state index in [0.29, 0.717) is 12.1 Å². The fourth-order valence-electron chi connectivity index (χ4n) is 3.76. The Kier molecular flexibility index (Phi) is 6.47. The van der Waals surface area contributed by atoms with Gasteiger partial charge in [-0.3, -0.25) is 4.79 Å². The Balaban J connectivity index is 1.38. The third-order valence-corrected chi connectivity index (χ3v) is 6.05. The van der Waals surface area contributed by atoms with Crippen LogP contribution in [0, 0.1) is 6.92 Å². The van der Waals surface area contributed by atoms with Gasteiger partial charge in [0.05, 0.1) is 23.1 Å². The lowest BCUT2D eigenvalue weighted by molar-refractivity contribution is 0.0950. The third-order valence-electron chi connectivity index (χ3n) is 5.52. The van der Waals surface area contributed by atoms with Crippen LogP contribution in [0.1, 0.15) is 47.3 Å². The molecule has 2 aromatic heterocycles. The van der Waals surface area contributed by atoms with Gasteiger partial charge in [-0.1, -0.05) is 34.8 Å². The lowest BCUT2D eigenvalue weighted by Gasteiger charge is -2.21. The third kappa shape index (κ3) is 4.73. The topological polar surface area (TPSA) is 63.1 Å². The van der Waals surface area contributed by atoms with Gasteiger partial charge in [-0.05, 0) is 55.7 Å². The molecule has 1 saturated heterocycles. The predicted octanol–water partition coefficient (Wildman–Crippen LogP) is 4.65. The summed E-state index contributed by atoms with van der Waals surface area (Å²) in [7, 11) is 0. The Morgan fingerprint density at radius 3 is 2.43 bits per heavy atom. The molecule has 1 aliphatic heterocycles. The summed E-state index contributed by atoms with van der Waals surface area (Å²) >= 11 is 3.44. The van der Waals surface area contributed by atoms with Crippen molar-refractivity contribution in [2.75, 3.05) is 18.0 Å². The molecule has 1 aromatic carbocycles. The average Bonchev–Trinajstić information content (AvgIpc) is 2.97. The zero-order valence-electron chi connectivity index (χ0n) is 17.1. The van der Waals surface area contributed by atoms with Crippen LogP contribution in [0.3, 0.4) is 0 Å². The Hall–Kier alpha value is -2.67. The first-order chi connectivity index (χ1) is 14.6. The maximum atomic E-state index is 12.7. The largest absolute Gasteiger partial charge is 0.357 e. The van der Waals surface area contributed by atoms with Crippen LogP contribution in [-0.2, 0) is 6.54 Å². The molecular weight excluding hydrogens is 442 g/mol. The Morgan fingerprint density at radius 2 is 1.77 bits per heavy atom. The van der Waals surface area contributed by atoms with Crippen LogP contribution in [0.5, 0.6) is 0 Å². The van der Waals surface area contributed by atoms with Crippen LogP contribution in [0.2, 0.25) is 0 Å². The molecule has 0 unspecified atom stereocenters. The smallest absolute Gasteiger partial charge is 0.255 e. The lowest BCUT2D eigenvalue weighted by atomic mass is 10.2. The minimum atomic E-state index is -0.132. The second kappa shape index (κ2) is 9.43. The number of carbonyl (C=O) groups excluding carboxylic acids is 1. The Morgan fingerprint density at radius 1 is 1.03 bits per heavy atom. The first-order valence-electron chi connectivity index (χ1n) is 10.4. The number of hydrogen-bond acceptors (Lipinski definition) is 4. The van der Waals surface area contributed by atoms with E-state index in [0.717, 1.165) is 40.3 Å². The van der Waals surface area contributed by atoms with E-state index >= 15 is 0 Å². The molecule has 0 radical (unpaired) electrons. The minimum absolute atomic E-state index is 0.132. The highest BCUT2D eigenvalue weighted by Crippen LogP contribution is 2.19. The summed E-state index contributed by atoms with van der Waals surface area (Å²) in [6.45, 7) is 4.49. The molecule has 3 aromatic rings. The van der Waals surface area contributed by atoms with Gasteiger partial charge >= 0.3 is 0 Å². The fourth-order valence-corrected chi connectivity index (χ4v) is 4.03.